The number of hydrogen-bond acceptors (Lipinski definition) is 2. The van der Waals surface area contributed by atoms with Crippen molar-refractivity contribution in [2.45, 2.75) is 50.6 Å². The summed E-state index contributed by atoms with van der Waals surface area (Å²) in [5.74, 6) is -0.838. The molecule has 0 spiro atoms. The van der Waals surface area contributed by atoms with E-state index in [2.05, 4.69) is 4.57 Å². The summed E-state index contributed by atoms with van der Waals surface area (Å²) in [5, 5.41) is 8.95. The lowest BCUT2D eigenvalue weighted by atomic mass is 9.93. The van der Waals surface area contributed by atoms with Gasteiger partial charge >= 0.3 is 5.97 Å². The minimum Gasteiger partial charge on any atom is -0.481 e. The molecule has 1 atom stereocenters. The molecule has 1 amide bonds. The van der Waals surface area contributed by atoms with Crippen LogP contribution in [0.4, 0.5) is 0 Å². The fraction of sp³-hybridized carbons (Fsp3) is 0.600. The molecule has 1 saturated heterocycles. The highest BCUT2D eigenvalue weighted by molar-refractivity contribution is 5.93. The number of aromatic nitrogens is 1. The highest BCUT2D eigenvalue weighted by atomic mass is 16.4. The van der Waals surface area contributed by atoms with Gasteiger partial charge in [-0.25, -0.2) is 0 Å². The molecule has 1 saturated carbocycles. The van der Waals surface area contributed by atoms with E-state index >= 15 is 0 Å². The Morgan fingerprint density at radius 2 is 2.05 bits per heavy atom. The van der Waals surface area contributed by atoms with Crippen molar-refractivity contribution in [2.75, 3.05) is 6.54 Å². The number of carboxylic acid groups (broad SMARTS) is 1. The smallest absolute Gasteiger partial charge is 0.305 e. The first-order valence-corrected chi connectivity index (χ1v) is 7.36. The third-order valence-corrected chi connectivity index (χ3v) is 4.51. The molecule has 0 radical (unpaired) electrons. The molecule has 5 nitrogen and oxygen atoms in total. The van der Waals surface area contributed by atoms with E-state index in [4.69, 9.17) is 5.11 Å². The van der Waals surface area contributed by atoms with Crippen LogP contribution in [0.15, 0.2) is 18.3 Å². The fourth-order valence-electron chi connectivity index (χ4n) is 3.22. The maximum Gasteiger partial charge on any atom is 0.305 e. The van der Waals surface area contributed by atoms with Crippen molar-refractivity contribution < 1.29 is 14.7 Å². The van der Waals surface area contributed by atoms with Gasteiger partial charge in [0.1, 0.15) is 5.69 Å². The van der Waals surface area contributed by atoms with E-state index in [1.54, 1.807) is 4.90 Å². The van der Waals surface area contributed by atoms with Gasteiger partial charge in [-0.3, -0.25) is 9.59 Å². The zero-order valence-electron chi connectivity index (χ0n) is 11.5. The minimum absolute atomic E-state index is 0.00866. The molecule has 0 aromatic carbocycles. The van der Waals surface area contributed by atoms with Crippen LogP contribution in [-0.4, -0.2) is 39.0 Å². The van der Waals surface area contributed by atoms with Gasteiger partial charge < -0.3 is 14.6 Å². The first-order chi connectivity index (χ1) is 9.66. The molecule has 0 bridgehead atoms. The van der Waals surface area contributed by atoms with Crippen LogP contribution in [0.25, 0.3) is 0 Å². The molecule has 20 heavy (non-hydrogen) atoms. The summed E-state index contributed by atoms with van der Waals surface area (Å²) in [4.78, 5) is 25.3. The second kappa shape index (κ2) is 5.31. The molecule has 1 aliphatic carbocycles. The summed E-state index contributed by atoms with van der Waals surface area (Å²) in [6.45, 7) is 0.673. The lowest BCUT2D eigenvalue weighted by Gasteiger charge is -2.30. The van der Waals surface area contributed by atoms with Crippen LogP contribution < -0.4 is 0 Å². The fourth-order valence-corrected chi connectivity index (χ4v) is 3.22. The van der Waals surface area contributed by atoms with Crippen LogP contribution in [0.2, 0.25) is 0 Å². The number of carbonyl (C=O) groups is 2. The van der Waals surface area contributed by atoms with E-state index in [1.165, 1.54) is 6.42 Å². The van der Waals surface area contributed by atoms with E-state index in [0.717, 1.165) is 25.7 Å². The molecule has 108 valence electrons. The van der Waals surface area contributed by atoms with Gasteiger partial charge in [0, 0.05) is 24.8 Å². The number of nitrogens with zero attached hydrogens (tertiary/aromatic N) is 2. The van der Waals surface area contributed by atoms with Crippen LogP contribution in [0.5, 0.6) is 0 Å². The molecule has 2 aliphatic rings. The lowest BCUT2D eigenvalue weighted by molar-refractivity contribution is -0.137. The van der Waals surface area contributed by atoms with Crippen molar-refractivity contribution in [3.05, 3.63) is 24.0 Å². The van der Waals surface area contributed by atoms with Crippen LogP contribution in [-0.2, 0) is 4.79 Å². The van der Waals surface area contributed by atoms with E-state index in [1.807, 2.05) is 18.3 Å². The molecular formula is C15H20N2O3. The first-order valence-electron chi connectivity index (χ1n) is 7.36. The van der Waals surface area contributed by atoms with E-state index < -0.39 is 5.97 Å². The van der Waals surface area contributed by atoms with Gasteiger partial charge in [0.25, 0.3) is 5.91 Å². The number of rotatable bonds is 4. The predicted octanol–water partition coefficient (Wildman–Crippen LogP) is 2.29. The van der Waals surface area contributed by atoms with Gasteiger partial charge in [-0.15, -0.1) is 0 Å². The molecular weight excluding hydrogens is 256 g/mol. The Kier molecular flexibility index (Phi) is 3.51. The molecule has 1 aromatic rings. The summed E-state index contributed by atoms with van der Waals surface area (Å²) < 4.78 is 2.07. The van der Waals surface area contributed by atoms with Gasteiger partial charge in [0.15, 0.2) is 0 Å². The summed E-state index contributed by atoms with van der Waals surface area (Å²) >= 11 is 0. The van der Waals surface area contributed by atoms with Crippen molar-refractivity contribution in [3.8, 4) is 0 Å². The maximum absolute atomic E-state index is 12.7. The summed E-state index contributed by atoms with van der Waals surface area (Å²) in [6, 6.07) is 4.07. The van der Waals surface area contributed by atoms with E-state index in [0.29, 0.717) is 18.3 Å². The average Bonchev–Trinajstić information content (AvgIpc) is 2.94. The first kappa shape index (κ1) is 13.2. The number of likely N-dealkylation sites (tertiary alicyclic amines) is 1. The zero-order chi connectivity index (χ0) is 14.1. The Morgan fingerprint density at radius 3 is 2.70 bits per heavy atom. The number of hydrogen-bond donors (Lipinski definition) is 1. The Morgan fingerprint density at radius 1 is 1.25 bits per heavy atom. The van der Waals surface area contributed by atoms with Crippen LogP contribution in [0, 0.1) is 0 Å². The lowest BCUT2D eigenvalue weighted by Crippen LogP contribution is -2.38. The van der Waals surface area contributed by atoms with Gasteiger partial charge in [0.2, 0.25) is 0 Å². The van der Waals surface area contributed by atoms with Crippen LogP contribution >= 0.6 is 0 Å². The predicted molar refractivity (Wildman–Crippen MR) is 73.6 cm³/mol. The quantitative estimate of drug-likeness (QED) is 0.917. The molecule has 1 unspecified atom stereocenters. The number of amides is 1. The summed E-state index contributed by atoms with van der Waals surface area (Å²) in [7, 11) is 0. The number of aliphatic carboxylic acids is 1. The molecule has 2 fully saturated rings. The second-order valence-electron chi connectivity index (χ2n) is 5.78. The monoisotopic (exact) mass is 276 g/mol. The normalized spacial score (nSPS) is 22.8. The molecule has 5 heteroatoms. The third kappa shape index (κ3) is 2.32. The van der Waals surface area contributed by atoms with Crippen molar-refractivity contribution >= 4 is 11.9 Å². The van der Waals surface area contributed by atoms with Gasteiger partial charge in [0.05, 0.1) is 6.42 Å². The van der Waals surface area contributed by atoms with Crippen molar-refractivity contribution in [2.24, 2.45) is 0 Å². The van der Waals surface area contributed by atoms with Gasteiger partial charge in [-0.1, -0.05) is 0 Å². The van der Waals surface area contributed by atoms with Crippen LogP contribution in [0.3, 0.4) is 0 Å². The molecule has 3 rings (SSSR count). The van der Waals surface area contributed by atoms with E-state index in [-0.39, 0.29) is 18.4 Å². The third-order valence-electron chi connectivity index (χ3n) is 4.51. The van der Waals surface area contributed by atoms with Crippen LogP contribution in [0.1, 0.15) is 55.1 Å². The standard InChI is InChI=1S/C15H20N2O3/c18-14(19)10-12-6-2-9-17(12)15(20)13-7-3-8-16(13)11-4-1-5-11/h3,7-8,11-12H,1-2,4-6,9-10H2,(H,18,19). The topological polar surface area (TPSA) is 62.5 Å². The van der Waals surface area contributed by atoms with Gasteiger partial charge in [-0.2, -0.15) is 0 Å². The molecule has 1 aromatic heterocycles. The highest BCUT2D eigenvalue weighted by Gasteiger charge is 2.33. The average molecular weight is 276 g/mol. The van der Waals surface area contributed by atoms with Crippen molar-refractivity contribution in [3.63, 3.8) is 0 Å². The summed E-state index contributed by atoms with van der Waals surface area (Å²) in [5.41, 5.74) is 0.715. The Balaban J connectivity index is 1.78. The van der Waals surface area contributed by atoms with E-state index in [9.17, 15) is 9.59 Å². The Bertz CT molecular complexity index is 519. The zero-order valence-corrected chi connectivity index (χ0v) is 11.5. The van der Waals surface area contributed by atoms with Crippen molar-refractivity contribution in [1.82, 2.24) is 9.47 Å². The molecule has 1 aliphatic heterocycles. The Labute approximate surface area is 118 Å². The maximum atomic E-state index is 12.7. The van der Waals surface area contributed by atoms with Crippen molar-refractivity contribution in [1.29, 1.82) is 0 Å². The summed E-state index contributed by atoms with van der Waals surface area (Å²) in [6.07, 6.45) is 7.20. The number of carboxylic acids is 1. The Hall–Kier alpha value is -1.78. The van der Waals surface area contributed by atoms with Gasteiger partial charge in [-0.05, 0) is 44.2 Å². The second-order valence-corrected chi connectivity index (χ2v) is 5.78. The molecule has 1 N–H and O–H groups in total. The highest BCUT2D eigenvalue weighted by Crippen LogP contribution is 2.33. The number of carbonyl (C=O) groups excluding carboxylic acids is 1. The largest absolute Gasteiger partial charge is 0.481 e. The SMILES string of the molecule is O=C(O)CC1CCCN1C(=O)c1cccn1C1CCC1. The minimum atomic E-state index is -0.830. The molecule has 2 heterocycles.